The zero-order valence-corrected chi connectivity index (χ0v) is 11.8. The maximum atomic E-state index is 13.2. The summed E-state index contributed by atoms with van der Waals surface area (Å²) in [4.78, 5) is 24.2. The van der Waals surface area contributed by atoms with Crippen LogP contribution in [0.25, 0.3) is 0 Å². The van der Waals surface area contributed by atoms with Crippen LogP contribution in [0.2, 0.25) is 0 Å². The molecule has 2 rings (SSSR count). The summed E-state index contributed by atoms with van der Waals surface area (Å²) in [6, 6.07) is 3.25. The Morgan fingerprint density at radius 1 is 1.48 bits per heavy atom. The number of rotatable bonds is 4. The van der Waals surface area contributed by atoms with E-state index in [1.807, 2.05) is 0 Å². The Morgan fingerprint density at radius 3 is 2.71 bits per heavy atom. The van der Waals surface area contributed by atoms with Gasteiger partial charge < -0.3 is 10.2 Å². The van der Waals surface area contributed by atoms with Crippen molar-refractivity contribution in [2.45, 2.75) is 25.8 Å². The number of hydrogen-bond donors (Lipinski definition) is 1. The molecule has 0 saturated carbocycles. The van der Waals surface area contributed by atoms with Crippen LogP contribution >= 0.6 is 0 Å². The molecule has 1 fully saturated rings. The third kappa shape index (κ3) is 3.75. The minimum absolute atomic E-state index is 0.0596. The van der Waals surface area contributed by atoms with Crippen LogP contribution in [0.3, 0.4) is 0 Å². The summed E-state index contributed by atoms with van der Waals surface area (Å²) in [6.45, 7) is 4.93. The molecule has 1 aromatic carbocycles. The van der Waals surface area contributed by atoms with E-state index in [0.29, 0.717) is 0 Å². The van der Waals surface area contributed by atoms with E-state index in [4.69, 9.17) is 0 Å². The molecule has 21 heavy (non-hydrogen) atoms. The van der Waals surface area contributed by atoms with Crippen LogP contribution in [0.5, 0.6) is 0 Å². The molecule has 1 aromatic rings. The molecule has 1 aliphatic heterocycles. The van der Waals surface area contributed by atoms with Crippen LogP contribution in [0.4, 0.5) is 10.1 Å². The van der Waals surface area contributed by atoms with Gasteiger partial charge >= 0.3 is 5.69 Å². The number of halogens is 1. The fourth-order valence-electron chi connectivity index (χ4n) is 2.46. The highest BCUT2D eigenvalue weighted by Crippen LogP contribution is 2.19. The summed E-state index contributed by atoms with van der Waals surface area (Å²) in [6.07, 6.45) is 1.70. The van der Waals surface area contributed by atoms with Crippen LogP contribution < -0.4 is 5.32 Å². The first-order valence-electron chi connectivity index (χ1n) is 6.98. The van der Waals surface area contributed by atoms with Crippen molar-refractivity contribution in [1.29, 1.82) is 0 Å². The highest BCUT2D eigenvalue weighted by atomic mass is 19.1. The van der Waals surface area contributed by atoms with Gasteiger partial charge in [-0.2, -0.15) is 4.39 Å². The number of nitrogens with zero attached hydrogens (tertiary/aromatic N) is 2. The Morgan fingerprint density at radius 2 is 2.14 bits per heavy atom. The number of amides is 1. The average molecular weight is 295 g/mol. The first-order valence-corrected chi connectivity index (χ1v) is 6.98. The summed E-state index contributed by atoms with van der Waals surface area (Å²) < 4.78 is 13.2. The molecule has 0 aromatic heterocycles. The molecule has 1 amide bonds. The summed E-state index contributed by atoms with van der Waals surface area (Å²) in [5.41, 5.74) is -0.565. The van der Waals surface area contributed by atoms with Gasteiger partial charge in [0.25, 0.3) is 5.91 Å². The SMILES string of the molecule is CCN1CCC(NC(=O)c2ccc(F)c([N+](=O)[O-])c2)CC1. The van der Waals surface area contributed by atoms with Crippen molar-refractivity contribution in [2.75, 3.05) is 19.6 Å². The smallest absolute Gasteiger partial charge is 0.305 e. The van der Waals surface area contributed by atoms with E-state index in [9.17, 15) is 19.3 Å². The number of piperidine rings is 1. The summed E-state index contributed by atoms with van der Waals surface area (Å²) >= 11 is 0. The zero-order valence-electron chi connectivity index (χ0n) is 11.8. The lowest BCUT2D eigenvalue weighted by Crippen LogP contribution is -2.44. The quantitative estimate of drug-likeness (QED) is 0.680. The van der Waals surface area contributed by atoms with Crippen LogP contribution in [0.15, 0.2) is 18.2 Å². The molecule has 0 spiro atoms. The molecule has 1 N–H and O–H groups in total. The second-order valence-electron chi connectivity index (χ2n) is 5.11. The van der Waals surface area contributed by atoms with Crippen molar-refractivity contribution in [3.05, 3.63) is 39.7 Å². The number of carbonyl (C=O) groups excluding carboxylic acids is 1. The zero-order chi connectivity index (χ0) is 15.4. The average Bonchev–Trinajstić information content (AvgIpc) is 2.48. The standard InChI is InChI=1S/C14H18FN3O3/c1-2-17-7-5-11(6-8-17)16-14(19)10-3-4-12(15)13(9-10)18(20)21/h3-4,9,11H,2,5-8H2,1H3,(H,16,19). The van der Waals surface area contributed by atoms with Crippen molar-refractivity contribution in [3.63, 3.8) is 0 Å². The Labute approximate surface area is 122 Å². The highest BCUT2D eigenvalue weighted by molar-refractivity contribution is 5.95. The number of likely N-dealkylation sites (tertiary alicyclic amines) is 1. The maximum absolute atomic E-state index is 13.2. The molecule has 0 bridgehead atoms. The first kappa shape index (κ1) is 15.4. The predicted molar refractivity (Wildman–Crippen MR) is 75.7 cm³/mol. The van der Waals surface area contributed by atoms with E-state index >= 15 is 0 Å². The number of hydrogen-bond acceptors (Lipinski definition) is 4. The lowest BCUT2D eigenvalue weighted by molar-refractivity contribution is -0.387. The van der Waals surface area contributed by atoms with Gasteiger partial charge in [-0.15, -0.1) is 0 Å². The van der Waals surface area contributed by atoms with Gasteiger partial charge in [-0.25, -0.2) is 0 Å². The second-order valence-corrected chi connectivity index (χ2v) is 5.11. The summed E-state index contributed by atoms with van der Waals surface area (Å²) in [7, 11) is 0. The van der Waals surface area contributed by atoms with Gasteiger partial charge in [-0.3, -0.25) is 14.9 Å². The molecule has 0 radical (unpaired) electrons. The number of benzene rings is 1. The van der Waals surface area contributed by atoms with Crippen LogP contribution in [0.1, 0.15) is 30.1 Å². The van der Waals surface area contributed by atoms with Gasteiger partial charge in [0.2, 0.25) is 5.82 Å². The molecule has 6 nitrogen and oxygen atoms in total. The van der Waals surface area contributed by atoms with Crippen molar-refractivity contribution in [2.24, 2.45) is 0 Å². The monoisotopic (exact) mass is 295 g/mol. The lowest BCUT2D eigenvalue weighted by atomic mass is 10.0. The van der Waals surface area contributed by atoms with Crippen molar-refractivity contribution >= 4 is 11.6 Å². The fourth-order valence-corrected chi connectivity index (χ4v) is 2.46. The third-order valence-corrected chi connectivity index (χ3v) is 3.78. The molecule has 7 heteroatoms. The van der Waals surface area contributed by atoms with E-state index in [1.165, 1.54) is 6.07 Å². The molecule has 114 valence electrons. The minimum Gasteiger partial charge on any atom is -0.349 e. The van der Waals surface area contributed by atoms with Gasteiger partial charge in [0.15, 0.2) is 0 Å². The molecule has 0 unspecified atom stereocenters. The molecule has 0 atom stereocenters. The van der Waals surface area contributed by atoms with E-state index < -0.39 is 22.3 Å². The summed E-state index contributed by atoms with van der Waals surface area (Å²) in [5.74, 6) is -1.33. The highest BCUT2D eigenvalue weighted by Gasteiger charge is 2.22. The number of nitro benzene ring substituents is 1. The third-order valence-electron chi connectivity index (χ3n) is 3.78. The molecule has 0 aliphatic carbocycles. The van der Waals surface area contributed by atoms with Gasteiger partial charge in [0.1, 0.15) is 0 Å². The molecule has 1 saturated heterocycles. The Kier molecular flexibility index (Phi) is 4.85. The van der Waals surface area contributed by atoms with Gasteiger partial charge in [0.05, 0.1) is 4.92 Å². The maximum Gasteiger partial charge on any atom is 0.305 e. The van der Waals surface area contributed by atoms with E-state index in [0.717, 1.165) is 44.6 Å². The Hall–Kier alpha value is -2.02. The summed E-state index contributed by atoms with van der Waals surface area (Å²) in [5, 5.41) is 13.5. The van der Waals surface area contributed by atoms with Crippen LogP contribution in [-0.4, -0.2) is 41.4 Å². The Bertz CT molecular complexity index is 542. The molecule has 1 aliphatic rings. The van der Waals surface area contributed by atoms with E-state index in [1.54, 1.807) is 0 Å². The van der Waals surface area contributed by atoms with Gasteiger partial charge in [-0.05, 0) is 31.5 Å². The normalized spacial score (nSPS) is 16.7. The largest absolute Gasteiger partial charge is 0.349 e. The first-order chi connectivity index (χ1) is 10.0. The van der Waals surface area contributed by atoms with Crippen molar-refractivity contribution in [1.82, 2.24) is 10.2 Å². The van der Waals surface area contributed by atoms with Crippen LogP contribution in [-0.2, 0) is 0 Å². The number of nitrogens with one attached hydrogen (secondary N) is 1. The topological polar surface area (TPSA) is 75.5 Å². The Balaban J connectivity index is 2.01. The molecular formula is C14H18FN3O3. The molecule has 1 heterocycles. The van der Waals surface area contributed by atoms with E-state index in [2.05, 4.69) is 17.1 Å². The fraction of sp³-hybridized carbons (Fsp3) is 0.500. The number of nitro groups is 1. The van der Waals surface area contributed by atoms with Crippen molar-refractivity contribution in [3.8, 4) is 0 Å². The van der Waals surface area contributed by atoms with Gasteiger partial charge in [-0.1, -0.05) is 6.92 Å². The van der Waals surface area contributed by atoms with Gasteiger partial charge in [0, 0.05) is 30.8 Å². The second kappa shape index (κ2) is 6.62. The molecular weight excluding hydrogens is 277 g/mol. The predicted octanol–water partition coefficient (Wildman–Crippen LogP) is 1.95. The van der Waals surface area contributed by atoms with Crippen molar-refractivity contribution < 1.29 is 14.1 Å². The van der Waals surface area contributed by atoms with E-state index in [-0.39, 0.29) is 11.6 Å². The lowest BCUT2D eigenvalue weighted by Gasteiger charge is -2.31. The van der Waals surface area contributed by atoms with Crippen LogP contribution in [0, 0.1) is 15.9 Å². The number of carbonyl (C=O) groups is 1. The minimum atomic E-state index is -0.937.